The van der Waals surface area contributed by atoms with E-state index < -0.39 is 6.10 Å². The molecule has 0 aliphatic carbocycles. The van der Waals surface area contributed by atoms with Crippen molar-refractivity contribution in [3.63, 3.8) is 0 Å². The van der Waals surface area contributed by atoms with Gasteiger partial charge in [-0.3, -0.25) is 4.79 Å². The first-order valence-corrected chi connectivity index (χ1v) is 7.87. The molecule has 4 nitrogen and oxygen atoms in total. The molecule has 21 heavy (non-hydrogen) atoms. The zero-order valence-corrected chi connectivity index (χ0v) is 13.5. The molecule has 2 rings (SSSR count). The second-order valence-electron chi connectivity index (χ2n) is 5.45. The Labute approximate surface area is 131 Å². The van der Waals surface area contributed by atoms with Gasteiger partial charge in [-0.1, -0.05) is 24.6 Å². The van der Waals surface area contributed by atoms with Crippen LogP contribution in [0.15, 0.2) is 24.3 Å². The maximum Gasteiger partial charge on any atom is 0.263 e. The zero-order chi connectivity index (χ0) is 15.2. The molecule has 1 aromatic carbocycles. The van der Waals surface area contributed by atoms with Crippen molar-refractivity contribution >= 4 is 17.5 Å². The van der Waals surface area contributed by atoms with E-state index in [1.165, 1.54) is 0 Å². The van der Waals surface area contributed by atoms with Crippen LogP contribution in [0.2, 0.25) is 5.02 Å². The fourth-order valence-corrected chi connectivity index (χ4v) is 2.66. The Morgan fingerprint density at radius 3 is 2.86 bits per heavy atom. The van der Waals surface area contributed by atoms with Crippen LogP contribution in [0.25, 0.3) is 0 Å². The van der Waals surface area contributed by atoms with E-state index in [0.717, 1.165) is 32.6 Å². The van der Waals surface area contributed by atoms with Crippen molar-refractivity contribution in [2.45, 2.75) is 25.9 Å². The summed E-state index contributed by atoms with van der Waals surface area (Å²) in [6, 6.07) is 7.20. The summed E-state index contributed by atoms with van der Waals surface area (Å²) < 4.78 is 5.84. The average molecular weight is 311 g/mol. The van der Waals surface area contributed by atoms with E-state index in [2.05, 4.69) is 11.9 Å². The van der Waals surface area contributed by atoms with Gasteiger partial charge in [0.15, 0.2) is 6.10 Å². The monoisotopic (exact) mass is 310 g/mol. The SMILES string of the molecule is CC[C@H](Oc1cccc(Cl)c1)C(=O)N1CCCN(C)CC1. The lowest BCUT2D eigenvalue weighted by Crippen LogP contribution is -2.43. The van der Waals surface area contributed by atoms with Gasteiger partial charge in [0, 0.05) is 24.7 Å². The highest BCUT2D eigenvalue weighted by atomic mass is 35.5. The Bertz CT molecular complexity index is 481. The van der Waals surface area contributed by atoms with Crippen molar-refractivity contribution in [1.29, 1.82) is 0 Å². The summed E-state index contributed by atoms with van der Waals surface area (Å²) >= 11 is 5.96. The molecule has 0 unspecified atom stereocenters. The van der Waals surface area contributed by atoms with Crippen molar-refractivity contribution in [2.75, 3.05) is 33.2 Å². The fraction of sp³-hybridized carbons (Fsp3) is 0.562. The number of carbonyl (C=O) groups excluding carboxylic acids is 1. The molecule has 116 valence electrons. The third kappa shape index (κ3) is 4.61. The van der Waals surface area contributed by atoms with Gasteiger partial charge in [0.1, 0.15) is 5.75 Å². The summed E-state index contributed by atoms with van der Waals surface area (Å²) in [5.74, 6) is 0.724. The number of rotatable bonds is 4. The summed E-state index contributed by atoms with van der Waals surface area (Å²) in [7, 11) is 2.09. The maximum atomic E-state index is 12.6. The second kappa shape index (κ2) is 7.66. The molecule has 0 aromatic heterocycles. The average Bonchev–Trinajstić information content (AvgIpc) is 2.69. The van der Waals surface area contributed by atoms with Gasteiger partial charge in [-0.2, -0.15) is 0 Å². The Hall–Kier alpha value is -1.26. The largest absolute Gasteiger partial charge is 0.481 e. The minimum Gasteiger partial charge on any atom is -0.481 e. The van der Waals surface area contributed by atoms with Gasteiger partial charge >= 0.3 is 0 Å². The first kappa shape index (κ1) is 16.1. The standard InChI is InChI=1S/C16H23ClN2O2/c1-3-15(21-14-7-4-6-13(17)12-14)16(20)19-9-5-8-18(2)10-11-19/h4,6-7,12,15H,3,5,8-11H2,1-2H3/t15-/m0/s1. The Morgan fingerprint density at radius 2 is 2.14 bits per heavy atom. The first-order chi connectivity index (χ1) is 10.1. The molecule has 0 bridgehead atoms. The van der Waals surface area contributed by atoms with Gasteiger partial charge < -0.3 is 14.5 Å². The zero-order valence-electron chi connectivity index (χ0n) is 12.7. The predicted molar refractivity (Wildman–Crippen MR) is 84.9 cm³/mol. The van der Waals surface area contributed by atoms with Gasteiger partial charge in [-0.25, -0.2) is 0 Å². The fourth-order valence-electron chi connectivity index (χ4n) is 2.48. The van der Waals surface area contributed by atoms with E-state index in [4.69, 9.17) is 16.3 Å². The number of nitrogens with zero attached hydrogens (tertiary/aromatic N) is 2. The number of amides is 1. The van der Waals surface area contributed by atoms with Gasteiger partial charge in [-0.15, -0.1) is 0 Å². The highest BCUT2D eigenvalue weighted by Gasteiger charge is 2.26. The molecule has 1 aliphatic rings. The molecule has 1 heterocycles. The molecule has 1 aromatic rings. The van der Waals surface area contributed by atoms with Crippen LogP contribution in [-0.4, -0.2) is 55.0 Å². The van der Waals surface area contributed by atoms with E-state index in [0.29, 0.717) is 17.2 Å². The Kier molecular flexibility index (Phi) is 5.88. The molecule has 5 heteroatoms. The van der Waals surface area contributed by atoms with Gasteiger partial charge in [-0.05, 0) is 44.6 Å². The van der Waals surface area contributed by atoms with Crippen LogP contribution in [0.4, 0.5) is 0 Å². The van der Waals surface area contributed by atoms with Crippen LogP contribution in [-0.2, 0) is 4.79 Å². The Morgan fingerprint density at radius 1 is 1.33 bits per heavy atom. The van der Waals surface area contributed by atoms with Crippen LogP contribution in [0.5, 0.6) is 5.75 Å². The van der Waals surface area contributed by atoms with Gasteiger partial charge in [0.25, 0.3) is 5.91 Å². The van der Waals surface area contributed by atoms with Crippen LogP contribution >= 0.6 is 11.6 Å². The van der Waals surface area contributed by atoms with Crippen LogP contribution < -0.4 is 4.74 Å². The Balaban J connectivity index is 2.01. The smallest absolute Gasteiger partial charge is 0.263 e. The molecule has 0 radical (unpaired) electrons. The molecular formula is C16H23ClN2O2. The quantitative estimate of drug-likeness (QED) is 0.857. The van der Waals surface area contributed by atoms with Crippen molar-refractivity contribution in [1.82, 2.24) is 9.80 Å². The first-order valence-electron chi connectivity index (χ1n) is 7.49. The van der Waals surface area contributed by atoms with Gasteiger partial charge in [0.2, 0.25) is 0 Å². The molecule has 0 saturated carbocycles. The number of hydrogen-bond acceptors (Lipinski definition) is 3. The molecule has 0 spiro atoms. The van der Waals surface area contributed by atoms with Crippen LogP contribution in [0.1, 0.15) is 19.8 Å². The highest BCUT2D eigenvalue weighted by Crippen LogP contribution is 2.20. The lowest BCUT2D eigenvalue weighted by molar-refractivity contribution is -0.138. The number of ether oxygens (including phenoxy) is 1. The summed E-state index contributed by atoms with van der Waals surface area (Å²) in [5.41, 5.74) is 0. The van der Waals surface area contributed by atoms with E-state index in [-0.39, 0.29) is 5.91 Å². The number of benzene rings is 1. The predicted octanol–water partition coefficient (Wildman–Crippen LogP) is 2.66. The number of halogens is 1. The molecule has 1 atom stereocenters. The number of likely N-dealkylation sites (N-methyl/N-ethyl adjacent to an activating group) is 1. The lowest BCUT2D eigenvalue weighted by Gasteiger charge is -2.26. The van der Waals surface area contributed by atoms with Crippen molar-refractivity contribution in [3.05, 3.63) is 29.3 Å². The van der Waals surface area contributed by atoms with E-state index in [1.54, 1.807) is 12.1 Å². The normalized spacial score (nSPS) is 18.1. The number of hydrogen-bond donors (Lipinski definition) is 0. The van der Waals surface area contributed by atoms with E-state index in [9.17, 15) is 4.79 Å². The minimum atomic E-state index is -0.438. The molecule has 1 amide bonds. The van der Waals surface area contributed by atoms with Crippen molar-refractivity contribution < 1.29 is 9.53 Å². The van der Waals surface area contributed by atoms with Gasteiger partial charge in [0.05, 0.1) is 0 Å². The molecular weight excluding hydrogens is 288 g/mol. The van der Waals surface area contributed by atoms with Crippen LogP contribution in [0, 0.1) is 0 Å². The second-order valence-corrected chi connectivity index (χ2v) is 5.89. The van der Waals surface area contributed by atoms with Crippen LogP contribution in [0.3, 0.4) is 0 Å². The molecule has 1 fully saturated rings. The summed E-state index contributed by atoms with van der Waals surface area (Å²) in [4.78, 5) is 16.8. The summed E-state index contributed by atoms with van der Waals surface area (Å²) in [6.45, 7) is 5.50. The lowest BCUT2D eigenvalue weighted by atomic mass is 10.2. The topological polar surface area (TPSA) is 32.8 Å². The number of carbonyl (C=O) groups is 1. The summed E-state index contributed by atoms with van der Waals surface area (Å²) in [5, 5.41) is 0.617. The van der Waals surface area contributed by atoms with Crippen molar-refractivity contribution in [2.24, 2.45) is 0 Å². The molecule has 1 aliphatic heterocycles. The molecule has 0 N–H and O–H groups in total. The maximum absolute atomic E-state index is 12.6. The van der Waals surface area contributed by atoms with E-state index >= 15 is 0 Å². The highest BCUT2D eigenvalue weighted by molar-refractivity contribution is 6.30. The summed E-state index contributed by atoms with van der Waals surface area (Å²) in [6.07, 6.45) is 1.22. The van der Waals surface area contributed by atoms with Crippen molar-refractivity contribution in [3.8, 4) is 5.75 Å². The third-order valence-electron chi connectivity index (χ3n) is 3.75. The third-order valence-corrected chi connectivity index (χ3v) is 3.99. The minimum absolute atomic E-state index is 0.0766. The molecule has 1 saturated heterocycles. The van der Waals surface area contributed by atoms with E-state index in [1.807, 2.05) is 24.0 Å².